The molecule has 1 atom stereocenters. The molecule has 1 aromatic carbocycles. The van der Waals surface area contributed by atoms with Gasteiger partial charge in [-0.3, -0.25) is 9.88 Å². The van der Waals surface area contributed by atoms with Crippen LogP contribution in [0, 0.1) is 22.2 Å². The van der Waals surface area contributed by atoms with Gasteiger partial charge in [-0.1, -0.05) is 32.1 Å². The Labute approximate surface area is 189 Å². The Kier molecular flexibility index (Phi) is 6.34. The van der Waals surface area contributed by atoms with Crippen LogP contribution in [-0.2, 0) is 4.74 Å². The lowest BCUT2D eigenvalue weighted by atomic mass is 9.79. The largest absolute Gasteiger partial charge is 0.487 e. The van der Waals surface area contributed by atoms with Gasteiger partial charge < -0.3 is 14.6 Å². The van der Waals surface area contributed by atoms with Crippen LogP contribution in [-0.4, -0.2) is 54.1 Å². The molecule has 0 bridgehead atoms. The van der Waals surface area contributed by atoms with Gasteiger partial charge in [0.05, 0.1) is 31.4 Å². The first-order valence-corrected chi connectivity index (χ1v) is 11.1. The number of nitriles is 1. The van der Waals surface area contributed by atoms with E-state index in [2.05, 4.69) is 34.2 Å². The van der Waals surface area contributed by atoms with Crippen LogP contribution in [0.1, 0.15) is 32.8 Å². The Bertz CT molecular complexity index is 1080. The summed E-state index contributed by atoms with van der Waals surface area (Å²) < 4.78 is 12.1. The molecule has 1 aliphatic carbocycles. The first kappa shape index (κ1) is 22.5. The van der Waals surface area contributed by atoms with Crippen molar-refractivity contribution in [3.05, 3.63) is 54.4 Å². The molecule has 1 saturated heterocycles. The molecular weight excluding hydrogens is 402 g/mol. The standard InChI is InChI=1S/C26H31N3O3/c1-25(2,16-30)17-31-18-29-13-22(14-29)32-24-10-21(9-19-6-8-28-12-23(19)24)20-5-4-7-26(3,11-20)15-27/h4-10,12,22,30H,11,13-14,16-18H2,1-3H3/t26-/m1/s1. The highest BCUT2D eigenvalue weighted by atomic mass is 16.5. The van der Waals surface area contributed by atoms with Crippen LogP contribution < -0.4 is 4.74 Å². The van der Waals surface area contributed by atoms with E-state index in [4.69, 9.17) is 9.47 Å². The fraction of sp³-hybridized carbons (Fsp3) is 0.462. The zero-order valence-electron chi connectivity index (χ0n) is 19.0. The van der Waals surface area contributed by atoms with Crippen LogP contribution in [0.25, 0.3) is 16.3 Å². The van der Waals surface area contributed by atoms with Gasteiger partial charge in [0.2, 0.25) is 0 Å². The smallest absolute Gasteiger partial charge is 0.129 e. The number of rotatable bonds is 8. The Morgan fingerprint density at radius 2 is 2.16 bits per heavy atom. The molecule has 0 saturated carbocycles. The number of pyridine rings is 1. The molecule has 1 aromatic heterocycles. The van der Waals surface area contributed by atoms with Crippen molar-refractivity contribution in [3.8, 4) is 11.8 Å². The van der Waals surface area contributed by atoms with Gasteiger partial charge in [0.1, 0.15) is 11.9 Å². The predicted octanol–water partition coefficient (Wildman–Crippen LogP) is 4.16. The molecule has 2 heterocycles. The van der Waals surface area contributed by atoms with E-state index in [-0.39, 0.29) is 18.1 Å². The number of nitrogens with zero attached hydrogens (tertiary/aromatic N) is 3. The van der Waals surface area contributed by atoms with Crippen molar-refractivity contribution >= 4 is 16.3 Å². The maximum Gasteiger partial charge on any atom is 0.129 e. The van der Waals surface area contributed by atoms with Crippen LogP contribution in [0.15, 0.2) is 48.8 Å². The number of aromatic nitrogens is 1. The maximum absolute atomic E-state index is 9.56. The molecule has 1 aliphatic heterocycles. The van der Waals surface area contributed by atoms with Crippen molar-refractivity contribution in [2.45, 2.75) is 33.3 Å². The number of hydrogen-bond acceptors (Lipinski definition) is 6. The van der Waals surface area contributed by atoms with E-state index in [1.54, 1.807) is 6.20 Å². The SMILES string of the molecule is CC(C)(CO)COCN1CC(Oc2cc(C3=CC=C[C@@](C)(C#N)C3)cc3ccncc23)C1. The van der Waals surface area contributed by atoms with Gasteiger partial charge >= 0.3 is 0 Å². The Morgan fingerprint density at radius 3 is 2.91 bits per heavy atom. The zero-order chi connectivity index (χ0) is 22.8. The number of allylic oxidation sites excluding steroid dienone is 4. The van der Waals surface area contributed by atoms with Gasteiger partial charge in [-0.05, 0) is 48.1 Å². The minimum Gasteiger partial charge on any atom is -0.487 e. The summed E-state index contributed by atoms with van der Waals surface area (Å²) in [6.07, 6.45) is 10.4. The van der Waals surface area contributed by atoms with Crippen LogP contribution in [0.5, 0.6) is 5.75 Å². The topological polar surface area (TPSA) is 78.6 Å². The first-order valence-electron chi connectivity index (χ1n) is 11.1. The lowest BCUT2D eigenvalue weighted by molar-refractivity contribution is -0.0804. The molecule has 6 nitrogen and oxygen atoms in total. The van der Waals surface area contributed by atoms with Crippen molar-refractivity contribution in [2.24, 2.45) is 10.8 Å². The highest BCUT2D eigenvalue weighted by Crippen LogP contribution is 2.39. The summed E-state index contributed by atoms with van der Waals surface area (Å²) in [6, 6.07) is 8.64. The van der Waals surface area contributed by atoms with E-state index in [0.29, 0.717) is 19.8 Å². The van der Waals surface area contributed by atoms with E-state index < -0.39 is 5.41 Å². The number of hydrogen-bond donors (Lipinski definition) is 1. The number of aliphatic hydroxyl groups is 1. The van der Waals surface area contributed by atoms with E-state index in [9.17, 15) is 10.4 Å². The molecule has 168 valence electrons. The van der Waals surface area contributed by atoms with Crippen molar-refractivity contribution in [1.29, 1.82) is 5.26 Å². The molecule has 0 unspecified atom stereocenters. The summed E-state index contributed by atoms with van der Waals surface area (Å²) in [5.41, 5.74) is 1.50. The molecule has 1 N–H and O–H groups in total. The third-order valence-electron chi connectivity index (χ3n) is 6.08. The number of likely N-dealkylation sites (tertiary alicyclic amines) is 1. The summed E-state index contributed by atoms with van der Waals surface area (Å²) in [4.78, 5) is 6.48. The van der Waals surface area contributed by atoms with Gasteiger partial charge in [0.25, 0.3) is 0 Å². The first-order chi connectivity index (χ1) is 15.3. The number of benzene rings is 1. The van der Waals surface area contributed by atoms with Crippen LogP contribution in [0.4, 0.5) is 0 Å². The second kappa shape index (κ2) is 9.03. The van der Waals surface area contributed by atoms with Gasteiger partial charge in [0.15, 0.2) is 0 Å². The summed E-state index contributed by atoms with van der Waals surface area (Å²) >= 11 is 0. The predicted molar refractivity (Wildman–Crippen MR) is 125 cm³/mol. The number of aliphatic hydroxyl groups excluding tert-OH is 1. The quantitative estimate of drug-likeness (QED) is 0.673. The maximum atomic E-state index is 9.56. The van der Waals surface area contributed by atoms with Crippen molar-refractivity contribution in [2.75, 3.05) is 33.0 Å². The minimum absolute atomic E-state index is 0.0905. The molecule has 2 aromatic rings. The van der Waals surface area contributed by atoms with Crippen LogP contribution >= 0.6 is 0 Å². The monoisotopic (exact) mass is 433 g/mol. The van der Waals surface area contributed by atoms with Gasteiger partial charge in [-0.25, -0.2) is 0 Å². The van der Waals surface area contributed by atoms with E-state index in [1.807, 2.05) is 45.2 Å². The fourth-order valence-corrected chi connectivity index (χ4v) is 3.99. The average molecular weight is 434 g/mol. The molecule has 6 heteroatoms. The van der Waals surface area contributed by atoms with Gasteiger partial charge in [0, 0.05) is 36.3 Å². The molecule has 0 spiro atoms. The van der Waals surface area contributed by atoms with E-state index in [1.165, 1.54) is 0 Å². The molecule has 2 aliphatic rings. The van der Waals surface area contributed by atoms with Gasteiger partial charge in [-0.15, -0.1) is 0 Å². The number of ether oxygens (including phenoxy) is 2. The molecule has 1 fully saturated rings. The Balaban J connectivity index is 1.45. The van der Waals surface area contributed by atoms with Crippen molar-refractivity contribution in [1.82, 2.24) is 9.88 Å². The Morgan fingerprint density at radius 1 is 1.34 bits per heavy atom. The minimum atomic E-state index is -0.489. The van der Waals surface area contributed by atoms with Crippen LogP contribution in [0.3, 0.4) is 0 Å². The van der Waals surface area contributed by atoms with E-state index >= 15 is 0 Å². The summed E-state index contributed by atoms with van der Waals surface area (Å²) in [5.74, 6) is 0.826. The summed E-state index contributed by atoms with van der Waals surface area (Å²) in [5, 5.41) is 21.0. The summed E-state index contributed by atoms with van der Waals surface area (Å²) in [7, 11) is 0. The lowest BCUT2D eigenvalue weighted by Gasteiger charge is -2.39. The summed E-state index contributed by atoms with van der Waals surface area (Å²) in [6.45, 7) is 8.69. The van der Waals surface area contributed by atoms with Gasteiger partial charge in [-0.2, -0.15) is 5.26 Å². The lowest BCUT2D eigenvalue weighted by Crippen LogP contribution is -2.54. The molecule has 4 rings (SSSR count). The second-order valence-corrected chi connectivity index (χ2v) is 9.90. The molecular formula is C26H31N3O3. The van der Waals surface area contributed by atoms with E-state index in [0.717, 1.165) is 40.7 Å². The third kappa shape index (κ3) is 5.02. The highest BCUT2D eigenvalue weighted by Gasteiger charge is 2.30. The highest BCUT2D eigenvalue weighted by molar-refractivity contribution is 5.91. The zero-order valence-corrected chi connectivity index (χ0v) is 19.0. The average Bonchev–Trinajstić information content (AvgIpc) is 2.77. The third-order valence-corrected chi connectivity index (χ3v) is 6.08. The van der Waals surface area contributed by atoms with Crippen LogP contribution in [0.2, 0.25) is 0 Å². The molecule has 32 heavy (non-hydrogen) atoms. The fourth-order valence-electron chi connectivity index (χ4n) is 3.99. The normalized spacial score (nSPS) is 21.8. The number of fused-ring (bicyclic) bond motifs is 1. The van der Waals surface area contributed by atoms with Crippen molar-refractivity contribution < 1.29 is 14.6 Å². The molecule has 0 amide bonds. The Hall–Kier alpha value is -2.72. The van der Waals surface area contributed by atoms with Crippen molar-refractivity contribution in [3.63, 3.8) is 0 Å². The molecule has 0 radical (unpaired) electrons. The second-order valence-electron chi connectivity index (χ2n) is 9.90.